The summed E-state index contributed by atoms with van der Waals surface area (Å²) < 4.78 is 25.3. The van der Waals surface area contributed by atoms with Crippen molar-refractivity contribution in [1.82, 2.24) is 4.98 Å². The van der Waals surface area contributed by atoms with Crippen LogP contribution in [-0.4, -0.2) is 10.9 Å². The van der Waals surface area contributed by atoms with Crippen molar-refractivity contribution >= 4 is 23.2 Å². The molecule has 0 aliphatic heterocycles. The molecule has 3 aromatic carbocycles. The Morgan fingerprint density at radius 2 is 1.71 bits per heavy atom. The van der Waals surface area contributed by atoms with Crippen LogP contribution in [0.5, 0.6) is 11.5 Å². The Morgan fingerprint density at radius 3 is 2.49 bits per heavy atom. The Morgan fingerprint density at radius 1 is 0.943 bits per heavy atom. The van der Waals surface area contributed by atoms with E-state index in [1.54, 1.807) is 48.8 Å². The highest BCUT2D eigenvalue weighted by Gasteiger charge is 2.09. The summed E-state index contributed by atoms with van der Waals surface area (Å²) in [6, 6.07) is 21.0. The third kappa shape index (κ3) is 7.04. The van der Waals surface area contributed by atoms with E-state index in [-0.39, 0.29) is 24.8 Å². The zero-order valence-electron chi connectivity index (χ0n) is 19.1. The Labute approximate surface area is 208 Å². The fourth-order valence-electron chi connectivity index (χ4n) is 3.41. The largest absolute Gasteiger partial charge is 0.489 e. The maximum Gasteiger partial charge on any atom is 0.228 e. The second kappa shape index (κ2) is 11.5. The second-order valence-electron chi connectivity index (χ2n) is 8.02. The Bertz CT molecular complexity index is 1310. The number of pyridine rings is 1. The number of amides is 1. The first kappa shape index (κ1) is 24.2. The molecule has 0 unspecified atom stereocenters. The van der Waals surface area contributed by atoms with Crippen molar-refractivity contribution in [3.63, 3.8) is 0 Å². The third-order valence-corrected chi connectivity index (χ3v) is 5.51. The molecule has 1 heterocycles. The highest BCUT2D eigenvalue weighted by molar-refractivity contribution is 6.30. The van der Waals surface area contributed by atoms with Gasteiger partial charge < -0.3 is 14.8 Å². The molecule has 1 aromatic heterocycles. The lowest BCUT2D eigenvalue weighted by atomic mass is 10.1. The summed E-state index contributed by atoms with van der Waals surface area (Å²) in [6.45, 7) is 2.38. The molecule has 0 fully saturated rings. The number of benzene rings is 3. The van der Waals surface area contributed by atoms with Gasteiger partial charge in [0.2, 0.25) is 5.91 Å². The van der Waals surface area contributed by atoms with Crippen LogP contribution in [0.2, 0.25) is 5.02 Å². The van der Waals surface area contributed by atoms with E-state index in [0.717, 1.165) is 16.7 Å². The van der Waals surface area contributed by atoms with Crippen LogP contribution in [0.15, 0.2) is 85.2 Å². The van der Waals surface area contributed by atoms with Crippen LogP contribution < -0.4 is 14.8 Å². The van der Waals surface area contributed by atoms with Crippen molar-refractivity contribution in [3.05, 3.63) is 118 Å². The molecule has 0 bridgehead atoms. The van der Waals surface area contributed by atoms with Gasteiger partial charge in [0.15, 0.2) is 0 Å². The molecule has 0 atom stereocenters. The number of nitrogens with zero attached hydrogens (tertiary/aromatic N) is 1. The summed E-state index contributed by atoms with van der Waals surface area (Å²) in [5.74, 6) is 0.748. The molecule has 0 saturated heterocycles. The number of halogens is 2. The van der Waals surface area contributed by atoms with Gasteiger partial charge in [-0.3, -0.25) is 9.78 Å². The van der Waals surface area contributed by atoms with E-state index in [9.17, 15) is 9.18 Å². The molecule has 35 heavy (non-hydrogen) atoms. The molecular weight excluding hydrogens is 467 g/mol. The van der Waals surface area contributed by atoms with Crippen LogP contribution in [0, 0.1) is 12.7 Å². The molecule has 178 valence electrons. The van der Waals surface area contributed by atoms with Crippen molar-refractivity contribution in [3.8, 4) is 11.5 Å². The van der Waals surface area contributed by atoms with Crippen LogP contribution in [0.4, 0.5) is 10.1 Å². The third-order valence-electron chi connectivity index (χ3n) is 5.29. The Balaban J connectivity index is 1.32. The molecule has 4 aromatic rings. The minimum atomic E-state index is -0.289. The van der Waals surface area contributed by atoms with E-state index >= 15 is 0 Å². The van der Waals surface area contributed by atoms with Crippen LogP contribution in [0.3, 0.4) is 0 Å². The smallest absolute Gasteiger partial charge is 0.228 e. The average molecular weight is 491 g/mol. The van der Waals surface area contributed by atoms with Gasteiger partial charge in [0, 0.05) is 16.8 Å². The van der Waals surface area contributed by atoms with E-state index in [4.69, 9.17) is 21.1 Å². The summed E-state index contributed by atoms with van der Waals surface area (Å²) in [7, 11) is 0. The highest BCUT2D eigenvalue weighted by Crippen LogP contribution is 2.24. The number of nitrogens with one attached hydrogen (secondary N) is 1. The van der Waals surface area contributed by atoms with Gasteiger partial charge in [0.1, 0.15) is 30.5 Å². The van der Waals surface area contributed by atoms with E-state index in [1.807, 2.05) is 37.3 Å². The number of rotatable bonds is 9. The van der Waals surface area contributed by atoms with Crippen molar-refractivity contribution in [2.45, 2.75) is 26.6 Å². The summed E-state index contributed by atoms with van der Waals surface area (Å²) >= 11 is 6.25. The minimum absolute atomic E-state index is 0.152. The van der Waals surface area contributed by atoms with Gasteiger partial charge in [0.25, 0.3) is 0 Å². The molecular formula is C28H24ClFN2O3. The molecule has 5 nitrogen and oxygen atoms in total. The van der Waals surface area contributed by atoms with Crippen molar-refractivity contribution < 1.29 is 18.7 Å². The lowest BCUT2D eigenvalue weighted by Crippen LogP contribution is -2.15. The number of hydrogen-bond donors (Lipinski definition) is 1. The predicted molar refractivity (Wildman–Crippen MR) is 134 cm³/mol. The number of aryl methyl sites for hydroxylation is 1. The van der Waals surface area contributed by atoms with E-state index in [2.05, 4.69) is 10.3 Å². The number of aromatic nitrogens is 1. The fraction of sp³-hybridized carbons (Fsp3) is 0.143. The molecule has 0 spiro atoms. The lowest BCUT2D eigenvalue weighted by molar-refractivity contribution is -0.115. The number of anilines is 1. The minimum Gasteiger partial charge on any atom is -0.489 e. The average Bonchev–Trinajstić information content (AvgIpc) is 2.84. The van der Waals surface area contributed by atoms with Crippen molar-refractivity contribution in [1.29, 1.82) is 0 Å². The van der Waals surface area contributed by atoms with Crippen LogP contribution in [0.25, 0.3) is 0 Å². The summed E-state index contributed by atoms with van der Waals surface area (Å²) in [6.07, 6.45) is 3.45. The van der Waals surface area contributed by atoms with Gasteiger partial charge in [-0.1, -0.05) is 41.9 Å². The molecule has 0 saturated carbocycles. The summed E-state index contributed by atoms with van der Waals surface area (Å²) in [5.41, 5.74) is 3.78. The standard InChI is InChI=1S/C28H24ClFN2O3/c1-19-10-11-31-16-27(19)32-28(33)14-21-12-23(29)15-25(13-21)34-17-20-6-8-24(9-7-20)35-18-22-4-2-3-5-26(22)30/h2-13,15-16H,14,17-18H2,1H3,(H,32,33). The monoisotopic (exact) mass is 490 g/mol. The lowest BCUT2D eigenvalue weighted by Gasteiger charge is -2.11. The maximum atomic E-state index is 13.7. The van der Waals surface area contributed by atoms with Gasteiger partial charge in [-0.15, -0.1) is 0 Å². The molecule has 7 heteroatoms. The van der Waals surface area contributed by atoms with Crippen LogP contribution >= 0.6 is 11.6 Å². The van der Waals surface area contributed by atoms with Gasteiger partial charge in [0.05, 0.1) is 18.3 Å². The molecule has 0 aliphatic carbocycles. The maximum absolute atomic E-state index is 13.7. The summed E-state index contributed by atoms with van der Waals surface area (Å²) in [5, 5.41) is 3.35. The SMILES string of the molecule is Cc1ccncc1NC(=O)Cc1cc(Cl)cc(OCc2ccc(OCc3ccccc3F)cc2)c1. The van der Waals surface area contributed by atoms with Crippen molar-refractivity contribution in [2.75, 3.05) is 5.32 Å². The number of hydrogen-bond acceptors (Lipinski definition) is 4. The number of ether oxygens (including phenoxy) is 2. The molecule has 0 radical (unpaired) electrons. The summed E-state index contributed by atoms with van der Waals surface area (Å²) in [4.78, 5) is 16.5. The zero-order chi connectivity index (χ0) is 24.6. The number of carbonyl (C=O) groups excluding carboxylic acids is 1. The van der Waals surface area contributed by atoms with Crippen molar-refractivity contribution in [2.24, 2.45) is 0 Å². The molecule has 4 rings (SSSR count). The topological polar surface area (TPSA) is 60.5 Å². The van der Waals surface area contributed by atoms with E-state index in [0.29, 0.717) is 34.4 Å². The quantitative estimate of drug-likeness (QED) is 0.290. The highest BCUT2D eigenvalue weighted by atomic mass is 35.5. The molecule has 1 amide bonds. The fourth-order valence-corrected chi connectivity index (χ4v) is 3.65. The first-order valence-electron chi connectivity index (χ1n) is 11.0. The second-order valence-corrected chi connectivity index (χ2v) is 8.46. The zero-order valence-corrected chi connectivity index (χ0v) is 19.9. The Kier molecular flexibility index (Phi) is 7.95. The molecule has 1 N–H and O–H groups in total. The van der Waals surface area contributed by atoms with E-state index < -0.39 is 0 Å². The van der Waals surface area contributed by atoms with Gasteiger partial charge in [-0.2, -0.15) is 0 Å². The van der Waals surface area contributed by atoms with E-state index in [1.165, 1.54) is 6.07 Å². The molecule has 0 aliphatic rings. The first-order valence-corrected chi connectivity index (χ1v) is 11.4. The van der Waals surface area contributed by atoms with Crippen LogP contribution in [0.1, 0.15) is 22.3 Å². The van der Waals surface area contributed by atoms with Gasteiger partial charge in [-0.05, 0) is 66.1 Å². The first-order chi connectivity index (χ1) is 17.0. The Hall–Kier alpha value is -3.90. The number of carbonyl (C=O) groups is 1. The predicted octanol–water partition coefficient (Wildman–Crippen LogP) is 6.52. The normalized spacial score (nSPS) is 10.6. The van der Waals surface area contributed by atoms with Crippen LogP contribution in [-0.2, 0) is 24.4 Å². The van der Waals surface area contributed by atoms with Gasteiger partial charge >= 0.3 is 0 Å². The van der Waals surface area contributed by atoms with Gasteiger partial charge in [-0.25, -0.2) is 4.39 Å².